The number of halogens is 2. The predicted molar refractivity (Wildman–Crippen MR) is 86.4 cm³/mol. The summed E-state index contributed by atoms with van der Waals surface area (Å²) < 4.78 is 16.1. The van der Waals surface area contributed by atoms with E-state index < -0.39 is 6.29 Å². The van der Waals surface area contributed by atoms with Crippen LogP contribution in [0.25, 0.3) is 0 Å². The maximum atomic E-state index is 12.3. The Labute approximate surface area is 140 Å². The van der Waals surface area contributed by atoms with Gasteiger partial charge in [0.15, 0.2) is 0 Å². The first-order valence-electron chi connectivity index (χ1n) is 6.53. The lowest BCUT2D eigenvalue weighted by atomic mass is 9.91. The molecule has 2 unspecified atom stereocenters. The summed E-state index contributed by atoms with van der Waals surface area (Å²) in [7, 11) is 1.56. The standard InChI is InChI=1S/C15H16Br2O4/c1-3-20-14(18)11-10(9-7-5-4-6-8-9)15(19-2)21-12(11)13(16)17/h4-8,10,13,15H,3H2,1-2H3. The Bertz CT molecular complexity index is 528. The Morgan fingerprint density at radius 1 is 1.33 bits per heavy atom. The van der Waals surface area contributed by atoms with E-state index in [1.165, 1.54) is 0 Å². The third-order valence-corrected chi connectivity index (χ3v) is 4.01. The smallest absolute Gasteiger partial charge is 0.338 e. The lowest BCUT2D eigenvalue weighted by molar-refractivity contribution is -0.139. The second-order valence-electron chi connectivity index (χ2n) is 4.41. The lowest BCUT2D eigenvalue weighted by Crippen LogP contribution is -2.22. The molecule has 2 rings (SSSR count). The summed E-state index contributed by atoms with van der Waals surface area (Å²) in [6, 6.07) is 9.65. The van der Waals surface area contributed by atoms with Crippen LogP contribution in [0.15, 0.2) is 41.7 Å². The third kappa shape index (κ3) is 3.49. The van der Waals surface area contributed by atoms with Crippen molar-refractivity contribution in [3.8, 4) is 0 Å². The number of ether oxygens (including phenoxy) is 3. The van der Waals surface area contributed by atoms with Gasteiger partial charge in [0, 0.05) is 7.11 Å². The first-order valence-corrected chi connectivity index (χ1v) is 8.37. The summed E-state index contributed by atoms with van der Waals surface area (Å²) in [6.45, 7) is 2.09. The van der Waals surface area contributed by atoms with E-state index in [2.05, 4.69) is 31.9 Å². The van der Waals surface area contributed by atoms with Crippen molar-refractivity contribution >= 4 is 37.8 Å². The number of esters is 1. The first-order chi connectivity index (χ1) is 10.1. The van der Waals surface area contributed by atoms with Crippen molar-refractivity contribution in [2.24, 2.45) is 0 Å². The molecule has 114 valence electrons. The molecule has 1 aromatic carbocycles. The minimum absolute atomic E-state index is 0.282. The molecule has 1 aromatic rings. The van der Waals surface area contributed by atoms with E-state index in [-0.39, 0.29) is 15.6 Å². The summed E-state index contributed by atoms with van der Waals surface area (Å²) in [4.78, 5) is 12.3. The highest BCUT2D eigenvalue weighted by Crippen LogP contribution is 2.43. The summed E-state index contributed by atoms with van der Waals surface area (Å²) in [5, 5.41) is 0. The van der Waals surface area contributed by atoms with Gasteiger partial charge in [0.2, 0.25) is 6.29 Å². The minimum Gasteiger partial charge on any atom is -0.466 e. The SMILES string of the molecule is CCOC(=O)C1=C(C(Br)Br)OC(OC)C1c1ccccc1. The van der Waals surface area contributed by atoms with Crippen molar-refractivity contribution in [1.82, 2.24) is 0 Å². The van der Waals surface area contributed by atoms with Crippen LogP contribution in [0, 0.1) is 0 Å². The number of alkyl halides is 2. The van der Waals surface area contributed by atoms with E-state index in [1.54, 1.807) is 14.0 Å². The number of benzene rings is 1. The highest BCUT2D eigenvalue weighted by molar-refractivity contribution is 9.24. The molecule has 4 nitrogen and oxygen atoms in total. The fourth-order valence-electron chi connectivity index (χ4n) is 2.32. The Hall–Kier alpha value is -0.850. The minimum atomic E-state index is -0.556. The Morgan fingerprint density at radius 2 is 2.00 bits per heavy atom. The van der Waals surface area contributed by atoms with E-state index in [0.717, 1.165) is 5.56 Å². The highest BCUT2D eigenvalue weighted by atomic mass is 79.9. The molecule has 0 saturated heterocycles. The topological polar surface area (TPSA) is 44.8 Å². The normalized spacial score (nSPS) is 21.6. The Kier molecular flexibility index (Phi) is 5.84. The van der Waals surface area contributed by atoms with Crippen LogP contribution in [0.3, 0.4) is 0 Å². The molecule has 0 aliphatic carbocycles. The van der Waals surface area contributed by atoms with Gasteiger partial charge in [-0.25, -0.2) is 4.79 Å². The van der Waals surface area contributed by atoms with Gasteiger partial charge in [0.25, 0.3) is 0 Å². The van der Waals surface area contributed by atoms with E-state index in [0.29, 0.717) is 17.9 Å². The third-order valence-electron chi connectivity index (χ3n) is 3.18. The van der Waals surface area contributed by atoms with E-state index in [1.807, 2.05) is 30.3 Å². The van der Waals surface area contributed by atoms with Gasteiger partial charge in [-0.3, -0.25) is 0 Å². The Morgan fingerprint density at radius 3 is 2.52 bits per heavy atom. The second kappa shape index (κ2) is 7.42. The van der Waals surface area contributed by atoms with Crippen molar-refractivity contribution in [2.45, 2.75) is 22.9 Å². The van der Waals surface area contributed by atoms with Gasteiger partial charge in [-0.15, -0.1) is 0 Å². The first kappa shape index (κ1) is 16.5. The van der Waals surface area contributed by atoms with Crippen molar-refractivity contribution < 1.29 is 19.0 Å². The molecule has 0 N–H and O–H groups in total. The van der Waals surface area contributed by atoms with E-state index in [9.17, 15) is 4.79 Å². The molecule has 0 bridgehead atoms. The molecule has 1 aliphatic heterocycles. The number of rotatable bonds is 5. The lowest BCUT2D eigenvalue weighted by Gasteiger charge is -2.19. The van der Waals surface area contributed by atoms with Crippen LogP contribution in [-0.4, -0.2) is 29.7 Å². The molecule has 1 heterocycles. The van der Waals surface area contributed by atoms with Gasteiger partial charge in [-0.05, 0) is 12.5 Å². The molecule has 21 heavy (non-hydrogen) atoms. The van der Waals surface area contributed by atoms with E-state index >= 15 is 0 Å². The van der Waals surface area contributed by atoms with Crippen LogP contribution in [0.4, 0.5) is 0 Å². The van der Waals surface area contributed by atoms with Crippen LogP contribution >= 0.6 is 31.9 Å². The van der Waals surface area contributed by atoms with Crippen molar-refractivity contribution in [3.63, 3.8) is 0 Å². The van der Waals surface area contributed by atoms with Crippen molar-refractivity contribution in [3.05, 3.63) is 47.2 Å². The second-order valence-corrected chi connectivity index (χ2v) is 7.47. The average molecular weight is 420 g/mol. The molecule has 0 fully saturated rings. The van der Waals surface area contributed by atoms with Crippen LogP contribution in [0.1, 0.15) is 18.4 Å². The van der Waals surface area contributed by atoms with Crippen LogP contribution in [-0.2, 0) is 19.0 Å². The maximum Gasteiger partial charge on any atom is 0.338 e. The summed E-state index contributed by atoms with van der Waals surface area (Å²) in [5.41, 5.74) is 1.43. The molecule has 2 atom stereocenters. The summed E-state index contributed by atoms with van der Waals surface area (Å²) >= 11 is 6.78. The quantitative estimate of drug-likeness (QED) is 0.539. The number of methoxy groups -OCH3 is 1. The van der Waals surface area contributed by atoms with Gasteiger partial charge >= 0.3 is 5.97 Å². The summed E-state index contributed by atoms with van der Waals surface area (Å²) in [6.07, 6.45) is -0.556. The van der Waals surface area contributed by atoms with Gasteiger partial charge in [0.1, 0.15) is 9.50 Å². The fraction of sp³-hybridized carbons (Fsp3) is 0.400. The van der Waals surface area contributed by atoms with Gasteiger partial charge < -0.3 is 14.2 Å². The zero-order chi connectivity index (χ0) is 15.4. The van der Waals surface area contributed by atoms with Gasteiger partial charge in [-0.2, -0.15) is 0 Å². The molecule has 1 aliphatic rings. The number of hydrogen-bond donors (Lipinski definition) is 0. The molecular weight excluding hydrogens is 404 g/mol. The van der Waals surface area contributed by atoms with Crippen LogP contribution in [0.2, 0.25) is 0 Å². The van der Waals surface area contributed by atoms with E-state index in [4.69, 9.17) is 14.2 Å². The number of carbonyl (C=O) groups excluding carboxylic acids is 1. The molecule has 0 spiro atoms. The molecule has 0 radical (unpaired) electrons. The predicted octanol–water partition coefficient (Wildman–Crippen LogP) is 3.71. The number of hydrogen-bond acceptors (Lipinski definition) is 4. The van der Waals surface area contributed by atoms with Gasteiger partial charge in [0.05, 0.1) is 18.1 Å². The molecule has 0 saturated carbocycles. The molecule has 6 heteroatoms. The van der Waals surface area contributed by atoms with Crippen LogP contribution < -0.4 is 0 Å². The van der Waals surface area contributed by atoms with Crippen molar-refractivity contribution in [1.29, 1.82) is 0 Å². The molecular formula is C15H16Br2O4. The molecule has 0 amide bonds. The fourth-order valence-corrected chi connectivity index (χ4v) is 3.03. The van der Waals surface area contributed by atoms with Crippen molar-refractivity contribution in [2.75, 3.05) is 13.7 Å². The average Bonchev–Trinajstić information content (AvgIpc) is 2.88. The van der Waals surface area contributed by atoms with Gasteiger partial charge in [-0.1, -0.05) is 62.2 Å². The zero-order valence-electron chi connectivity index (χ0n) is 11.7. The number of carbonyl (C=O) groups is 1. The van der Waals surface area contributed by atoms with Crippen LogP contribution in [0.5, 0.6) is 0 Å². The maximum absolute atomic E-state index is 12.3. The monoisotopic (exact) mass is 418 g/mol. The molecule has 0 aromatic heterocycles. The highest BCUT2D eigenvalue weighted by Gasteiger charge is 2.43. The zero-order valence-corrected chi connectivity index (χ0v) is 14.9. The Balaban J connectivity index is 2.48. The summed E-state index contributed by atoms with van der Waals surface area (Å²) in [5.74, 6) is -0.207. The number of allylic oxidation sites excluding steroid dienone is 1. The largest absolute Gasteiger partial charge is 0.466 e.